The number of pyridine rings is 1. The fourth-order valence-electron chi connectivity index (χ4n) is 4.46. The largest absolute Gasteiger partial charge is 0.478 e. The first kappa shape index (κ1) is 21.6. The molecule has 0 spiro atoms. The number of hydrogen-bond acceptors (Lipinski definition) is 5. The van der Waals surface area contributed by atoms with Gasteiger partial charge in [0.2, 0.25) is 0 Å². The molecule has 2 N–H and O–H groups in total. The third kappa shape index (κ3) is 4.66. The number of aromatic nitrogens is 3. The number of carbonyl (C=O) groups is 1. The zero-order valence-corrected chi connectivity index (χ0v) is 19.2. The minimum atomic E-state index is -1.01. The SMILES string of the molecule is CC(C)Cc1cc(Nc2ncc(-c3cccs3)cc2C(=O)O)nn1C1(C)CCCCC1. The van der Waals surface area contributed by atoms with E-state index in [4.69, 9.17) is 5.10 Å². The van der Waals surface area contributed by atoms with Crippen molar-refractivity contribution in [2.75, 3.05) is 5.32 Å². The van der Waals surface area contributed by atoms with Gasteiger partial charge in [-0.15, -0.1) is 11.3 Å². The van der Waals surface area contributed by atoms with E-state index in [-0.39, 0.29) is 11.1 Å². The van der Waals surface area contributed by atoms with Crippen LogP contribution in [0.25, 0.3) is 10.4 Å². The van der Waals surface area contributed by atoms with E-state index in [2.05, 4.69) is 41.8 Å². The van der Waals surface area contributed by atoms with E-state index < -0.39 is 5.97 Å². The van der Waals surface area contributed by atoms with Gasteiger partial charge in [-0.05, 0) is 49.6 Å². The average Bonchev–Trinajstić information content (AvgIpc) is 3.39. The summed E-state index contributed by atoms with van der Waals surface area (Å²) < 4.78 is 2.19. The highest BCUT2D eigenvalue weighted by Crippen LogP contribution is 2.37. The number of carboxylic acids is 1. The molecule has 0 amide bonds. The molecule has 0 atom stereocenters. The van der Waals surface area contributed by atoms with Crippen LogP contribution in [0.3, 0.4) is 0 Å². The quantitative estimate of drug-likeness (QED) is 0.451. The summed E-state index contributed by atoms with van der Waals surface area (Å²) in [5, 5.41) is 19.9. The maximum atomic E-state index is 11.9. The van der Waals surface area contributed by atoms with Gasteiger partial charge in [-0.1, -0.05) is 39.2 Å². The van der Waals surface area contributed by atoms with Gasteiger partial charge in [-0.2, -0.15) is 5.10 Å². The number of anilines is 2. The Hall–Kier alpha value is -2.67. The predicted octanol–water partition coefficient (Wildman–Crippen LogP) is 6.33. The molecule has 0 saturated heterocycles. The normalized spacial score (nSPS) is 15.9. The van der Waals surface area contributed by atoms with E-state index in [1.54, 1.807) is 23.6 Å². The number of nitrogens with zero attached hydrogens (tertiary/aromatic N) is 3. The van der Waals surface area contributed by atoms with Crippen molar-refractivity contribution in [3.05, 3.63) is 47.1 Å². The van der Waals surface area contributed by atoms with E-state index in [0.29, 0.717) is 17.6 Å². The Labute approximate surface area is 187 Å². The number of carboxylic acid groups (broad SMARTS) is 1. The third-order valence-electron chi connectivity index (χ3n) is 6.01. The number of nitrogens with one attached hydrogen (secondary N) is 1. The fourth-order valence-corrected chi connectivity index (χ4v) is 5.17. The number of aromatic carboxylic acids is 1. The highest BCUT2D eigenvalue weighted by molar-refractivity contribution is 7.13. The van der Waals surface area contributed by atoms with Crippen LogP contribution in [0.4, 0.5) is 11.6 Å². The molecule has 3 heterocycles. The van der Waals surface area contributed by atoms with Gasteiger partial charge < -0.3 is 10.4 Å². The third-order valence-corrected chi connectivity index (χ3v) is 6.93. The van der Waals surface area contributed by atoms with Crippen LogP contribution in [0, 0.1) is 5.92 Å². The van der Waals surface area contributed by atoms with Crippen molar-refractivity contribution in [1.82, 2.24) is 14.8 Å². The molecule has 1 aliphatic carbocycles. The van der Waals surface area contributed by atoms with Crippen LogP contribution in [0.5, 0.6) is 0 Å². The van der Waals surface area contributed by atoms with Crippen LogP contribution in [-0.4, -0.2) is 25.8 Å². The summed E-state index contributed by atoms with van der Waals surface area (Å²) in [6.45, 7) is 6.71. The Morgan fingerprint density at radius 1 is 1.29 bits per heavy atom. The number of thiophene rings is 1. The molecule has 1 fully saturated rings. The molecule has 7 heteroatoms. The second-order valence-corrected chi connectivity index (χ2v) is 10.1. The molecular weight excluding hydrogens is 408 g/mol. The minimum Gasteiger partial charge on any atom is -0.478 e. The van der Waals surface area contributed by atoms with Gasteiger partial charge in [0.25, 0.3) is 0 Å². The lowest BCUT2D eigenvalue weighted by Gasteiger charge is -2.35. The van der Waals surface area contributed by atoms with Gasteiger partial charge in [-0.3, -0.25) is 4.68 Å². The highest BCUT2D eigenvalue weighted by Gasteiger charge is 2.32. The lowest BCUT2D eigenvalue weighted by molar-refractivity contribution is 0.0697. The van der Waals surface area contributed by atoms with Crippen molar-refractivity contribution in [3.8, 4) is 10.4 Å². The summed E-state index contributed by atoms with van der Waals surface area (Å²) in [5.74, 6) is 0.478. The van der Waals surface area contributed by atoms with Crippen LogP contribution < -0.4 is 5.32 Å². The molecule has 4 rings (SSSR count). The molecule has 0 radical (unpaired) electrons. The smallest absolute Gasteiger partial charge is 0.339 e. The van der Waals surface area contributed by atoms with Crippen molar-refractivity contribution in [1.29, 1.82) is 0 Å². The summed E-state index contributed by atoms with van der Waals surface area (Å²) in [4.78, 5) is 17.4. The molecule has 0 unspecified atom stereocenters. The number of rotatable bonds is 7. The van der Waals surface area contributed by atoms with Gasteiger partial charge in [-0.25, -0.2) is 9.78 Å². The van der Waals surface area contributed by atoms with E-state index in [1.807, 2.05) is 17.5 Å². The van der Waals surface area contributed by atoms with E-state index in [9.17, 15) is 9.90 Å². The van der Waals surface area contributed by atoms with E-state index in [0.717, 1.165) is 29.7 Å². The second kappa shape index (κ2) is 8.83. The van der Waals surface area contributed by atoms with Gasteiger partial charge in [0, 0.05) is 28.4 Å². The van der Waals surface area contributed by atoms with E-state index >= 15 is 0 Å². The maximum Gasteiger partial charge on any atom is 0.339 e. The molecule has 1 aliphatic rings. The topological polar surface area (TPSA) is 80.0 Å². The minimum absolute atomic E-state index is 0.00842. The molecule has 3 aromatic rings. The van der Waals surface area contributed by atoms with Crippen molar-refractivity contribution in [3.63, 3.8) is 0 Å². The zero-order valence-electron chi connectivity index (χ0n) is 18.4. The van der Waals surface area contributed by atoms with Gasteiger partial charge in [0.1, 0.15) is 11.4 Å². The van der Waals surface area contributed by atoms with Gasteiger partial charge in [0.15, 0.2) is 5.82 Å². The first-order valence-electron chi connectivity index (χ1n) is 11.0. The molecule has 0 aliphatic heterocycles. The number of hydrogen-bond donors (Lipinski definition) is 2. The van der Waals surface area contributed by atoms with Crippen LogP contribution in [-0.2, 0) is 12.0 Å². The van der Waals surface area contributed by atoms with Crippen molar-refractivity contribution >= 4 is 28.9 Å². The molecule has 6 nitrogen and oxygen atoms in total. The molecule has 3 aromatic heterocycles. The lowest BCUT2D eigenvalue weighted by Crippen LogP contribution is -2.35. The molecule has 0 bridgehead atoms. The standard InChI is InChI=1S/C24H30N4O2S/c1-16(2)12-18-14-21(27-28(18)24(3)9-5-4-6-10-24)26-22-19(23(29)30)13-17(15-25-22)20-8-7-11-31-20/h7-8,11,13-16H,4-6,9-10,12H2,1-3H3,(H,29,30)(H,25,26,27). The molecule has 0 aromatic carbocycles. The molecule has 1 saturated carbocycles. The lowest BCUT2D eigenvalue weighted by atomic mass is 9.83. The first-order valence-corrected chi connectivity index (χ1v) is 11.9. The highest BCUT2D eigenvalue weighted by atomic mass is 32.1. The summed E-state index contributed by atoms with van der Waals surface area (Å²) in [5.41, 5.74) is 2.15. The van der Waals surface area contributed by atoms with E-state index in [1.165, 1.54) is 25.0 Å². The Bertz CT molecular complexity index is 1050. The fraction of sp³-hybridized carbons (Fsp3) is 0.458. The van der Waals surface area contributed by atoms with Gasteiger partial charge >= 0.3 is 5.97 Å². The summed E-state index contributed by atoms with van der Waals surface area (Å²) in [7, 11) is 0. The monoisotopic (exact) mass is 438 g/mol. The average molecular weight is 439 g/mol. The summed E-state index contributed by atoms with van der Waals surface area (Å²) in [6.07, 6.45) is 8.60. The van der Waals surface area contributed by atoms with Crippen molar-refractivity contribution < 1.29 is 9.90 Å². The van der Waals surface area contributed by atoms with Gasteiger partial charge in [0.05, 0.1) is 5.54 Å². The summed E-state index contributed by atoms with van der Waals surface area (Å²) >= 11 is 1.56. The Morgan fingerprint density at radius 3 is 2.71 bits per heavy atom. The van der Waals surface area contributed by atoms with Crippen LogP contribution in [0.1, 0.15) is 68.9 Å². The summed E-state index contributed by atoms with van der Waals surface area (Å²) in [6, 6.07) is 7.64. The Kier molecular flexibility index (Phi) is 6.14. The van der Waals surface area contributed by atoms with Crippen molar-refractivity contribution in [2.45, 2.75) is 64.8 Å². The maximum absolute atomic E-state index is 11.9. The van der Waals surface area contributed by atoms with Crippen LogP contribution >= 0.6 is 11.3 Å². The zero-order chi connectivity index (χ0) is 22.0. The second-order valence-electron chi connectivity index (χ2n) is 9.12. The van der Waals surface area contributed by atoms with Crippen molar-refractivity contribution in [2.24, 2.45) is 5.92 Å². The molecule has 31 heavy (non-hydrogen) atoms. The molecular formula is C24H30N4O2S. The molecule has 164 valence electrons. The van der Waals surface area contributed by atoms with Crippen LogP contribution in [0.15, 0.2) is 35.8 Å². The van der Waals surface area contributed by atoms with Crippen LogP contribution in [0.2, 0.25) is 0 Å². The predicted molar refractivity (Wildman–Crippen MR) is 125 cm³/mol. The Morgan fingerprint density at radius 2 is 2.06 bits per heavy atom. The Balaban J connectivity index is 1.68. The first-order chi connectivity index (χ1) is 14.9.